The molecular weight excluding hydrogens is 409 g/mol. The van der Waals surface area contributed by atoms with Crippen LogP contribution in [0.1, 0.15) is 35.2 Å². The first-order valence-corrected chi connectivity index (χ1v) is 10.8. The van der Waals surface area contributed by atoms with Gasteiger partial charge in [0, 0.05) is 18.1 Å². The lowest BCUT2D eigenvalue weighted by Gasteiger charge is -2.26. The van der Waals surface area contributed by atoms with E-state index in [1.807, 2.05) is 0 Å². The Morgan fingerprint density at radius 1 is 1.04 bits per heavy atom. The van der Waals surface area contributed by atoms with Crippen LogP contribution in [0, 0.1) is 0 Å². The first kappa shape index (κ1) is 20.1. The summed E-state index contributed by atoms with van der Waals surface area (Å²) in [6.07, 6.45) is 2.64. The van der Waals surface area contributed by atoms with E-state index >= 15 is 0 Å². The molecule has 8 heteroatoms. The summed E-state index contributed by atoms with van der Waals surface area (Å²) >= 11 is 12.0. The van der Waals surface area contributed by atoms with E-state index in [9.17, 15) is 13.2 Å². The Kier molecular flexibility index (Phi) is 6.42. The topological polar surface area (TPSA) is 63.7 Å². The Labute approximate surface area is 168 Å². The van der Waals surface area contributed by atoms with Gasteiger partial charge in [0.1, 0.15) is 11.5 Å². The molecule has 2 aromatic carbocycles. The van der Waals surface area contributed by atoms with E-state index in [4.69, 9.17) is 27.9 Å². The molecule has 0 saturated carbocycles. The number of halogens is 2. The fraction of sp³-hybridized carbons (Fsp3) is 0.316. The summed E-state index contributed by atoms with van der Waals surface area (Å²) in [7, 11) is -3.75. The average molecular weight is 428 g/mol. The molecular formula is C19H19Cl2NO4S. The van der Waals surface area contributed by atoms with Gasteiger partial charge in [0.15, 0.2) is 0 Å². The molecule has 1 aliphatic heterocycles. The minimum Gasteiger partial charge on any atom is -0.457 e. The number of ether oxygens (including phenoxy) is 1. The fourth-order valence-electron chi connectivity index (χ4n) is 2.93. The van der Waals surface area contributed by atoms with Crippen LogP contribution in [0.25, 0.3) is 0 Å². The van der Waals surface area contributed by atoms with E-state index in [-0.39, 0.29) is 22.1 Å². The summed E-state index contributed by atoms with van der Waals surface area (Å²) in [4.78, 5) is 12.3. The average Bonchev–Trinajstić information content (AvgIpc) is 2.67. The second kappa shape index (κ2) is 8.61. The number of piperidine rings is 1. The zero-order chi connectivity index (χ0) is 19.4. The van der Waals surface area contributed by atoms with Crippen LogP contribution in [0.4, 0.5) is 0 Å². The zero-order valence-corrected chi connectivity index (χ0v) is 16.9. The number of benzene rings is 2. The quantitative estimate of drug-likeness (QED) is 0.657. The molecule has 144 valence electrons. The molecule has 1 aliphatic rings. The van der Waals surface area contributed by atoms with Crippen molar-refractivity contribution >= 4 is 39.2 Å². The summed E-state index contributed by atoms with van der Waals surface area (Å²) in [6, 6.07) is 11.1. The predicted molar refractivity (Wildman–Crippen MR) is 105 cm³/mol. The highest BCUT2D eigenvalue weighted by Gasteiger charge is 2.29. The van der Waals surface area contributed by atoms with Gasteiger partial charge in [-0.05, 0) is 48.7 Å². The van der Waals surface area contributed by atoms with Crippen molar-refractivity contribution in [2.75, 3.05) is 13.1 Å². The summed E-state index contributed by atoms with van der Waals surface area (Å²) in [6.45, 7) is 0.959. The third-order valence-corrected chi connectivity index (χ3v) is 6.97. The zero-order valence-electron chi connectivity index (χ0n) is 14.5. The summed E-state index contributed by atoms with van der Waals surface area (Å²) in [5.41, 5.74) is 0.878. The number of hydrogen-bond acceptors (Lipinski definition) is 4. The van der Waals surface area contributed by atoms with Crippen molar-refractivity contribution < 1.29 is 17.9 Å². The van der Waals surface area contributed by atoms with Crippen molar-refractivity contribution in [1.82, 2.24) is 4.31 Å². The molecule has 1 saturated heterocycles. The Morgan fingerprint density at radius 2 is 1.78 bits per heavy atom. The van der Waals surface area contributed by atoms with Gasteiger partial charge in [-0.15, -0.1) is 0 Å². The van der Waals surface area contributed by atoms with Gasteiger partial charge >= 0.3 is 5.97 Å². The number of hydrogen-bond donors (Lipinski definition) is 0. The van der Waals surface area contributed by atoms with Crippen LogP contribution in [0.2, 0.25) is 10.0 Å². The molecule has 0 spiro atoms. The van der Waals surface area contributed by atoms with Gasteiger partial charge in [0.25, 0.3) is 0 Å². The molecule has 2 aromatic rings. The van der Waals surface area contributed by atoms with Crippen LogP contribution in [-0.2, 0) is 21.4 Å². The molecule has 0 amide bonds. The first-order chi connectivity index (χ1) is 12.9. The standard InChI is InChI=1S/C19H19Cl2NO4S/c20-16-6-4-5-14(11-16)13-26-19(23)15-7-8-17(21)18(12-15)27(24,25)22-9-2-1-3-10-22/h4-8,11-12H,1-3,9-10,13H2. The highest BCUT2D eigenvalue weighted by atomic mass is 35.5. The van der Waals surface area contributed by atoms with Gasteiger partial charge in [0.05, 0.1) is 10.6 Å². The monoisotopic (exact) mass is 427 g/mol. The molecule has 27 heavy (non-hydrogen) atoms. The summed E-state index contributed by atoms with van der Waals surface area (Å²) < 4.78 is 32.4. The smallest absolute Gasteiger partial charge is 0.338 e. The van der Waals surface area contributed by atoms with Crippen molar-refractivity contribution in [2.45, 2.75) is 30.8 Å². The molecule has 3 rings (SSSR count). The Bertz CT molecular complexity index is 940. The van der Waals surface area contributed by atoms with Crippen molar-refractivity contribution in [1.29, 1.82) is 0 Å². The normalized spacial score (nSPS) is 15.5. The number of sulfonamides is 1. The number of carbonyl (C=O) groups excluding carboxylic acids is 1. The number of nitrogens with zero attached hydrogens (tertiary/aromatic N) is 1. The van der Waals surface area contributed by atoms with Gasteiger partial charge < -0.3 is 4.74 Å². The number of esters is 1. The first-order valence-electron chi connectivity index (χ1n) is 8.59. The second-order valence-electron chi connectivity index (χ2n) is 6.32. The van der Waals surface area contributed by atoms with Gasteiger partial charge in [0.2, 0.25) is 10.0 Å². The van der Waals surface area contributed by atoms with E-state index in [1.54, 1.807) is 24.3 Å². The molecule has 5 nitrogen and oxygen atoms in total. The predicted octanol–water partition coefficient (Wildman–Crippen LogP) is 4.53. The van der Waals surface area contributed by atoms with E-state index in [2.05, 4.69) is 0 Å². The minimum atomic E-state index is -3.75. The Morgan fingerprint density at radius 3 is 2.48 bits per heavy atom. The molecule has 0 aromatic heterocycles. The largest absolute Gasteiger partial charge is 0.457 e. The molecule has 0 unspecified atom stereocenters. The SMILES string of the molecule is O=C(OCc1cccc(Cl)c1)c1ccc(Cl)c(S(=O)(=O)N2CCCCC2)c1. The lowest BCUT2D eigenvalue weighted by atomic mass is 10.2. The van der Waals surface area contributed by atoms with Gasteiger partial charge in [-0.25, -0.2) is 13.2 Å². The summed E-state index contributed by atoms with van der Waals surface area (Å²) in [5.74, 6) is -0.623. The lowest BCUT2D eigenvalue weighted by Crippen LogP contribution is -2.35. The molecule has 0 bridgehead atoms. The van der Waals surface area contributed by atoms with E-state index in [0.717, 1.165) is 24.8 Å². The number of carbonyl (C=O) groups is 1. The van der Waals surface area contributed by atoms with Crippen LogP contribution < -0.4 is 0 Å². The minimum absolute atomic E-state index is 0.0379. The molecule has 0 radical (unpaired) electrons. The van der Waals surface area contributed by atoms with Crippen LogP contribution in [0.5, 0.6) is 0 Å². The third kappa shape index (κ3) is 4.82. The molecule has 1 heterocycles. The van der Waals surface area contributed by atoms with Gasteiger partial charge in [-0.3, -0.25) is 0 Å². The number of rotatable bonds is 5. The Hall–Kier alpha value is -1.60. The van der Waals surface area contributed by atoms with Gasteiger partial charge in [-0.2, -0.15) is 4.31 Å². The summed E-state index contributed by atoms with van der Waals surface area (Å²) in [5, 5.41) is 0.636. The van der Waals surface area contributed by atoms with E-state index in [1.165, 1.54) is 22.5 Å². The third-order valence-electron chi connectivity index (χ3n) is 4.36. The lowest BCUT2D eigenvalue weighted by molar-refractivity contribution is 0.0472. The van der Waals surface area contributed by atoms with Crippen LogP contribution in [-0.4, -0.2) is 31.8 Å². The highest BCUT2D eigenvalue weighted by molar-refractivity contribution is 7.89. The van der Waals surface area contributed by atoms with Crippen molar-refractivity contribution in [3.05, 3.63) is 63.6 Å². The van der Waals surface area contributed by atoms with Crippen molar-refractivity contribution in [3.8, 4) is 0 Å². The van der Waals surface area contributed by atoms with Crippen molar-refractivity contribution in [2.24, 2.45) is 0 Å². The maximum absolute atomic E-state index is 12.9. The molecule has 0 N–H and O–H groups in total. The van der Waals surface area contributed by atoms with Crippen LogP contribution in [0.15, 0.2) is 47.4 Å². The maximum Gasteiger partial charge on any atom is 0.338 e. The van der Waals surface area contributed by atoms with Crippen LogP contribution in [0.3, 0.4) is 0 Å². The Balaban J connectivity index is 1.79. The maximum atomic E-state index is 12.9. The second-order valence-corrected chi connectivity index (χ2v) is 9.07. The van der Waals surface area contributed by atoms with Crippen molar-refractivity contribution in [3.63, 3.8) is 0 Å². The van der Waals surface area contributed by atoms with E-state index in [0.29, 0.717) is 18.1 Å². The van der Waals surface area contributed by atoms with Crippen LogP contribution >= 0.6 is 23.2 Å². The van der Waals surface area contributed by atoms with Gasteiger partial charge in [-0.1, -0.05) is 41.8 Å². The fourth-order valence-corrected chi connectivity index (χ4v) is 5.16. The molecule has 0 aliphatic carbocycles. The van der Waals surface area contributed by atoms with E-state index < -0.39 is 16.0 Å². The highest BCUT2D eigenvalue weighted by Crippen LogP contribution is 2.28. The molecule has 1 fully saturated rings. The molecule has 0 atom stereocenters.